The summed E-state index contributed by atoms with van der Waals surface area (Å²) >= 11 is 0. The molecule has 3 aliphatic heterocycles. The number of nitrogens with one attached hydrogen (secondary N) is 3. The molecule has 7 heterocycles. The van der Waals surface area contributed by atoms with Crippen LogP contribution < -0.4 is 20.9 Å². The minimum Gasteiger partial charge on any atom is -0.368 e. The van der Waals surface area contributed by atoms with Crippen molar-refractivity contribution in [2.24, 2.45) is 0 Å². The lowest BCUT2D eigenvalue weighted by atomic mass is 10.0. The third-order valence-corrected chi connectivity index (χ3v) is 10.8. The summed E-state index contributed by atoms with van der Waals surface area (Å²) in [5, 5.41) is 16.5. The van der Waals surface area contributed by atoms with Crippen molar-refractivity contribution in [2.75, 3.05) is 41.7 Å². The van der Waals surface area contributed by atoms with Crippen molar-refractivity contribution < 1.29 is 28.5 Å². The monoisotopic (exact) mass is 788 g/mol. The fourth-order valence-electron chi connectivity index (χ4n) is 7.84. The Hall–Kier alpha value is -6.72. The molecule has 6 amide bonds. The van der Waals surface area contributed by atoms with Crippen LogP contribution in [-0.4, -0.2) is 101 Å². The van der Waals surface area contributed by atoms with Crippen LogP contribution in [0.25, 0.3) is 17.2 Å². The number of nitrogens with zero attached hydrogens (tertiary/aromatic N) is 9. The van der Waals surface area contributed by atoms with E-state index in [1.165, 1.54) is 6.20 Å². The molecule has 1 unspecified atom stereocenters. The first kappa shape index (κ1) is 38.2. The van der Waals surface area contributed by atoms with Crippen molar-refractivity contribution in [1.82, 2.24) is 44.8 Å². The van der Waals surface area contributed by atoms with Crippen LogP contribution in [0.3, 0.4) is 0 Å². The fraction of sp³-hybridized carbons (Fsp3) is 0.400. The number of anilines is 3. The number of carbonyl (C=O) groups excluding carboxylic acids is 5. The molecule has 5 aromatic rings. The summed E-state index contributed by atoms with van der Waals surface area (Å²) in [5.74, 6) is 0.0639. The maximum atomic E-state index is 13.1. The van der Waals surface area contributed by atoms with E-state index in [1.54, 1.807) is 33.9 Å². The Bertz CT molecular complexity index is 2420. The number of hydrogen-bond donors (Lipinski definition) is 3. The smallest absolute Gasteiger partial charge is 0.323 e. The minimum absolute atomic E-state index is 0.0873. The van der Waals surface area contributed by atoms with E-state index in [9.17, 15) is 24.0 Å². The largest absolute Gasteiger partial charge is 0.368 e. The van der Waals surface area contributed by atoms with E-state index in [0.717, 1.165) is 22.5 Å². The first-order chi connectivity index (χ1) is 28.0. The van der Waals surface area contributed by atoms with Crippen LogP contribution in [-0.2, 0) is 27.3 Å². The van der Waals surface area contributed by atoms with Gasteiger partial charge in [0.1, 0.15) is 11.7 Å². The number of rotatable bonds is 11. The minimum atomic E-state index is -0.647. The van der Waals surface area contributed by atoms with Crippen molar-refractivity contribution in [3.8, 4) is 11.5 Å². The predicted molar refractivity (Wildman–Crippen MR) is 211 cm³/mol. The van der Waals surface area contributed by atoms with Crippen LogP contribution in [0.4, 0.5) is 21.9 Å². The third-order valence-electron chi connectivity index (χ3n) is 10.8. The molecule has 4 aromatic heterocycles. The van der Waals surface area contributed by atoms with Gasteiger partial charge in [-0.1, -0.05) is 19.0 Å². The van der Waals surface area contributed by atoms with Crippen molar-refractivity contribution in [1.29, 1.82) is 0 Å². The zero-order valence-electron chi connectivity index (χ0n) is 32.5. The summed E-state index contributed by atoms with van der Waals surface area (Å²) in [5.41, 5.74) is 6.29. The van der Waals surface area contributed by atoms with Crippen molar-refractivity contribution in [2.45, 2.75) is 77.8 Å². The molecule has 0 saturated carbocycles. The lowest BCUT2D eigenvalue weighted by molar-refractivity contribution is -0.137. The van der Waals surface area contributed by atoms with Gasteiger partial charge in [-0.05, 0) is 67.5 Å². The summed E-state index contributed by atoms with van der Waals surface area (Å²) < 4.78 is 7.22. The number of piperazine rings is 1. The van der Waals surface area contributed by atoms with E-state index in [1.807, 2.05) is 43.9 Å². The molecule has 8 rings (SSSR count). The van der Waals surface area contributed by atoms with Crippen LogP contribution in [0.15, 0.2) is 53.4 Å². The molecule has 3 aliphatic rings. The van der Waals surface area contributed by atoms with Gasteiger partial charge in [0.2, 0.25) is 29.4 Å². The number of unbranched alkanes of at least 4 members (excludes halogenated alkanes) is 1. The average molecular weight is 789 g/mol. The highest BCUT2D eigenvalue weighted by atomic mass is 16.5. The summed E-state index contributed by atoms with van der Waals surface area (Å²) in [6.07, 6.45) is 7.67. The number of aromatic nitrogens is 6. The quantitative estimate of drug-likeness (QED) is 0.128. The Kier molecular flexibility index (Phi) is 10.5. The highest BCUT2D eigenvalue weighted by molar-refractivity contribution is 6.05. The lowest BCUT2D eigenvalue weighted by Crippen LogP contribution is -2.52. The van der Waals surface area contributed by atoms with Gasteiger partial charge in [0.05, 0.1) is 35.7 Å². The number of carbonyl (C=O) groups is 5. The lowest BCUT2D eigenvalue weighted by Gasteiger charge is -2.36. The van der Waals surface area contributed by atoms with Gasteiger partial charge >= 0.3 is 6.03 Å². The molecule has 0 bridgehead atoms. The van der Waals surface area contributed by atoms with Crippen molar-refractivity contribution in [3.63, 3.8) is 0 Å². The molecule has 3 N–H and O–H groups in total. The molecule has 0 radical (unpaired) electrons. The Labute approximate surface area is 333 Å². The van der Waals surface area contributed by atoms with Crippen LogP contribution in [0, 0.1) is 6.92 Å². The number of imide groups is 1. The number of aryl methyl sites for hydroxylation is 2. The molecule has 1 atom stereocenters. The van der Waals surface area contributed by atoms with E-state index in [2.05, 4.69) is 46.1 Å². The van der Waals surface area contributed by atoms with Gasteiger partial charge < -0.3 is 29.9 Å². The van der Waals surface area contributed by atoms with Crippen molar-refractivity contribution >= 4 is 52.4 Å². The Morgan fingerprint density at radius 3 is 2.60 bits per heavy atom. The van der Waals surface area contributed by atoms with E-state index in [4.69, 9.17) is 4.52 Å². The van der Waals surface area contributed by atoms with Gasteiger partial charge in [0.15, 0.2) is 5.65 Å². The first-order valence-corrected chi connectivity index (χ1v) is 19.5. The van der Waals surface area contributed by atoms with E-state index in [-0.39, 0.29) is 30.1 Å². The van der Waals surface area contributed by atoms with E-state index in [0.29, 0.717) is 105 Å². The average Bonchev–Trinajstić information content (AvgIpc) is 3.95. The van der Waals surface area contributed by atoms with Crippen LogP contribution >= 0.6 is 0 Å². The number of piperidine rings is 1. The highest BCUT2D eigenvalue weighted by Gasteiger charge is 2.39. The van der Waals surface area contributed by atoms with Crippen LogP contribution in [0.2, 0.25) is 0 Å². The summed E-state index contributed by atoms with van der Waals surface area (Å²) in [6, 6.07) is 8.23. The zero-order chi connectivity index (χ0) is 40.5. The molecule has 2 saturated heterocycles. The van der Waals surface area contributed by atoms with Gasteiger partial charge in [0.25, 0.3) is 5.91 Å². The van der Waals surface area contributed by atoms with Gasteiger partial charge in [-0.3, -0.25) is 29.5 Å². The Morgan fingerprint density at radius 1 is 1.00 bits per heavy atom. The number of urea groups is 1. The number of hydrogen-bond acceptors (Lipinski definition) is 12. The Morgan fingerprint density at radius 2 is 1.83 bits per heavy atom. The van der Waals surface area contributed by atoms with Crippen molar-refractivity contribution in [3.05, 3.63) is 77.2 Å². The maximum absolute atomic E-state index is 13.1. The topological polar surface area (TPSA) is 213 Å². The van der Waals surface area contributed by atoms with Gasteiger partial charge in [0, 0.05) is 69.3 Å². The Balaban J connectivity index is 0.774. The second-order valence-corrected chi connectivity index (χ2v) is 15.1. The highest BCUT2D eigenvalue weighted by Crippen LogP contribution is 2.31. The number of benzene rings is 1. The first-order valence-electron chi connectivity index (χ1n) is 19.5. The van der Waals surface area contributed by atoms with Gasteiger partial charge in [-0.15, -0.1) is 0 Å². The summed E-state index contributed by atoms with van der Waals surface area (Å²) in [7, 11) is 0. The maximum Gasteiger partial charge on any atom is 0.323 e. The fourth-order valence-corrected chi connectivity index (χ4v) is 7.84. The SMILES string of the molecule is Cc1cc(NC(=O)Nc2cnc3ccnn3c2C(C)C)cnc1-c1noc(CCCCC(=O)N2CCN(c3ccc4c(c3)CN(C3CCC(=O)NC3=O)C4=O)CC2)n1. The summed E-state index contributed by atoms with van der Waals surface area (Å²) in [4.78, 5) is 82.1. The molecule has 18 heteroatoms. The zero-order valence-corrected chi connectivity index (χ0v) is 32.5. The molecule has 58 heavy (non-hydrogen) atoms. The molecule has 0 aliphatic carbocycles. The number of fused-ring (bicyclic) bond motifs is 2. The molecule has 0 spiro atoms. The van der Waals surface area contributed by atoms with E-state index < -0.39 is 18.0 Å². The predicted octanol–water partition coefficient (Wildman–Crippen LogP) is 4.07. The van der Waals surface area contributed by atoms with Gasteiger partial charge in [-0.25, -0.2) is 14.3 Å². The normalized spacial score (nSPS) is 16.9. The molecule has 300 valence electrons. The molecular formula is C40H44N12O6. The van der Waals surface area contributed by atoms with Crippen LogP contribution in [0.5, 0.6) is 0 Å². The van der Waals surface area contributed by atoms with E-state index >= 15 is 0 Å². The summed E-state index contributed by atoms with van der Waals surface area (Å²) in [6.45, 7) is 8.73. The molecular weight excluding hydrogens is 745 g/mol. The van der Waals surface area contributed by atoms with Gasteiger partial charge in [-0.2, -0.15) is 10.1 Å². The number of pyridine rings is 1. The second kappa shape index (κ2) is 16.0. The second-order valence-electron chi connectivity index (χ2n) is 15.1. The van der Waals surface area contributed by atoms with Crippen LogP contribution in [0.1, 0.15) is 84.9 Å². The third kappa shape index (κ3) is 7.81. The molecule has 2 fully saturated rings. The molecule has 1 aromatic carbocycles. The number of amides is 6. The molecule has 18 nitrogen and oxygen atoms in total. The standard InChI is InChI=1S/C40H44N12O6/c1-23(2)36-29(21-41-31-12-13-43-52(31)36)45-40(57)44-26-18-24(3)35(42-20-26)37-47-33(58-48-37)6-4-5-7-34(54)50-16-14-49(15-17-50)27-8-9-28-25(19-27)22-51(39(28)56)30-10-11-32(53)46-38(30)55/h8-9,12-13,18-21,23,30H,4-7,10-11,14-17,22H2,1-3H3,(H2,44,45,57)(H,46,53,55).